The highest BCUT2D eigenvalue weighted by Crippen LogP contribution is 2.29. The summed E-state index contributed by atoms with van der Waals surface area (Å²) in [6.07, 6.45) is 6.89. The van der Waals surface area contributed by atoms with Gasteiger partial charge >= 0.3 is 0 Å². The Morgan fingerprint density at radius 3 is 2.93 bits per heavy atom. The van der Waals surface area contributed by atoms with Crippen LogP contribution in [-0.4, -0.2) is 64.1 Å². The number of piperidine rings is 1. The van der Waals surface area contributed by atoms with Crippen LogP contribution in [0.5, 0.6) is 0 Å². The summed E-state index contributed by atoms with van der Waals surface area (Å²) in [6.45, 7) is 6.62. The normalized spacial score (nSPS) is 17.0. The van der Waals surface area contributed by atoms with Crippen LogP contribution >= 0.6 is 0 Å². The monoisotopic (exact) mass is 384 g/mol. The Hall–Kier alpha value is -2.61. The molecule has 8 nitrogen and oxygen atoms in total. The number of carbonyl (C=O) groups is 1. The molecule has 1 atom stereocenters. The highest BCUT2D eigenvalue weighted by Gasteiger charge is 2.27. The van der Waals surface area contributed by atoms with Crippen LogP contribution in [0.2, 0.25) is 0 Å². The molecule has 1 N–H and O–H groups in total. The number of nitrogens with zero attached hydrogens (tertiary/aromatic N) is 5. The third-order valence-electron chi connectivity index (χ3n) is 4.80. The standard InChI is InChI=1S/C20H28N6O2/c1-14(2)20(27)26-9-4-5-15(13-26)16-11-18(23-8-10-28-3)25-19(24-16)17-12-21-6-7-22-17/h6-7,11-12,14-15H,4-5,8-10,13H2,1-3H3,(H,23,24,25)/t15-/m0/s1. The highest BCUT2D eigenvalue weighted by atomic mass is 16.5. The minimum absolute atomic E-state index is 0.00516. The second kappa shape index (κ2) is 9.54. The smallest absolute Gasteiger partial charge is 0.225 e. The van der Waals surface area contributed by atoms with Crippen LogP contribution in [0.3, 0.4) is 0 Å². The van der Waals surface area contributed by atoms with Gasteiger partial charge in [-0.3, -0.25) is 9.78 Å². The van der Waals surface area contributed by atoms with Crippen LogP contribution in [0.25, 0.3) is 11.5 Å². The van der Waals surface area contributed by atoms with Gasteiger partial charge in [0.25, 0.3) is 0 Å². The molecular weight excluding hydrogens is 356 g/mol. The summed E-state index contributed by atoms with van der Waals surface area (Å²) in [5.74, 6) is 1.66. The number of amides is 1. The van der Waals surface area contributed by atoms with Crippen LogP contribution in [-0.2, 0) is 9.53 Å². The van der Waals surface area contributed by atoms with Gasteiger partial charge in [0.15, 0.2) is 5.82 Å². The number of ether oxygens (including phenoxy) is 1. The molecule has 1 amide bonds. The van der Waals surface area contributed by atoms with Gasteiger partial charge in [-0.2, -0.15) is 0 Å². The molecule has 1 aliphatic heterocycles. The molecule has 28 heavy (non-hydrogen) atoms. The summed E-state index contributed by atoms with van der Waals surface area (Å²) in [6, 6.07) is 1.98. The first-order chi connectivity index (χ1) is 13.6. The van der Waals surface area contributed by atoms with E-state index in [0.29, 0.717) is 31.2 Å². The number of aromatic nitrogens is 4. The number of likely N-dealkylation sites (tertiary alicyclic amines) is 1. The van der Waals surface area contributed by atoms with Gasteiger partial charge in [-0.1, -0.05) is 13.8 Å². The molecule has 3 heterocycles. The van der Waals surface area contributed by atoms with Crippen molar-refractivity contribution in [3.8, 4) is 11.5 Å². The van der Waals surface area contributed by atoms with Gasteiger partial charge in [-0.25, -0.2) is 15.0 Å². The molecule has 0 spiro atoms. The molecule has 0 unspecified atom stereocenters. The number of methoxy groups -OCH3 is 1. The number of nitrogens with one attached hydrogen (secondary N) is 1. The summed E-state index contributed by atoms with van der Waals surface area (Å²) < 4.78 is 5.12. The Morgan fingerprint density at radius 1 is 1.36 bits per heavy atom. The zero-order chi connectivity index (χ0) is 19.9. The van der Waals surface area contributed by atoms with Gasteiger partial charge < -0.3 is 15.0 Å². The second-order valence-corrected chi connectivity index (χ2v) is 7.29. The third-order valence-corrected chi connectivity index (χ3v) is 4.80. The molecular formula is C20H28N6O2. The lowest BCUT2D eigenvalue weighted by Crippen LogP contribution is -2.41. The van der Waals surface area contributed by atoms with E-state index < -0.39 is 0 Å². The number of hydrogen-bond donors (Lipinski definition) is 1. The first kappa shape index (κ1) is 20.1. The maximum Gasteiger partial charge on any atom is 0.225 e. The van der Waals surface area contributed by atoms with Gasteiger partial charge in [0.05, 0.1) is 18.5 Å². The lowest BCUT2D eigenvalue weighted by molar-refractivity contribution is -0.135. The van der Waals surface area contributed by atoms with Crippen molar-refractivity contribution in [2.24, 2.45) is 5.92 Å². The van der Waals surface area contributed by atoms with Gasteiger partial charge in [-0.15, -0.1) is 0 Å². The summed E-state index contributed by atoms with van der Waals surface area (Å²) in [5, 5.41) is 3.28. The lowest BCUT2D eigenvalue weighted by Gasteiger charge is -2.33. The number of rotatable bonds is 7. The van der Waals surface area contributed by atoms with Gasteiger partial charge in [-0.05, 0) is 12.8 Å². The Kier molecular flexibility index (Phi) is 6.86. The first-order valence-electron chi connectivity index (χ1n) is 9.75. The maximum absolute atomic E-state index is 12.5. The number of carbonyl (C=O) groups excluding carboxylic acids is 1. The van der Waals surface area contributed by atoms with E-state index in [1.54, 1.807) is 25.7 Å². The maximum atomic E-state index is 12.5. The predicted octanol–water partition coefficient (Wildman–Crippen LogP) is 2.35. The summed E-state index contributed by atoms with van der Waals surface area (Å²) in [5.41, 5.74) is 1.56. The molecule has 0 radical (unpaired) electrons. The van der Waals surface area contributed by atoms with E-state index >= 15 is 0 Å². The fraction of sp³-hybridized carbons (Fsp3) is 0.550. The van der Waals surface area contributed by atoms with Crippen LogP contribution < -0.4 is 5.32 Å². The predicted molar refractivity (Wildman–Crippen MR) is 107 cm³/mol. The summed E-state index contributed by atoms with van der Waals surface area (Å²) in [7, 11) is 1.67. The van der Waals surface area contributed by atoms with E-state index in [2.05, 4.69) is 20.3 Å². The molecule has 1 aliphatic rings. The van der Waals surface area contributed by atoms with Crippen molar-refractivity contribution in [2.75, 3.05) is 38.7 Å². The van der Waals surface area contributed by atoms with E-state index in [4.69, 9.17) is 9.72 Å². The van der Waals surface area contributed by atoms with E-state index in [1.165, 1.54) is 0 Å². The molecule has 3 rings (SSSR count). The zero-order valence-corrected chi connectivity index (χ0v) is 16.8. The molecule has 2 aromatic rings. The first-order valence-corrected chi connectivity index (χ1v) is 9.75. The fourth-order valence-corrected chi connectivity index (χ4v) is 3.36. The van der Waals surface area contributed by atoms with Crippen molar-refractivity contribution < 1.29 is 9.53 Å². The minimum atomic E-state index is 0.00516. The molecule has 8 heteroatoms. The quantitative estimate of drug-likeness (QED) is 0.733. The van der Waals surface area contributed by atoms with Crippen LogP contribution in [0.1, 0.15) is 38.3 Å². The Morgan fingerprint density at radius 2 is 2.21 bits per heavy atom. The van der Waals surface area contributed by atoms with E-state index in [0.717, 1.165) is 30.9 Å². The van der Waals surface area contributed by atoms with E-state index in [9.17, 15) is 4.79 Å². The topological polar surface area (TPSA) is 93.1 Å². The van der Waals surface area contributed by atoms with Crippen molar-refractivity contribution in [3.63, 3.8) is 0 Å². The Labute approximate surface area is 165 Å². The van der Waals surface area contributed by atoms with Crippen molar-refractivity contribution in [3.05, 3.63) is 30.4 Å². The van der Waals surface area contributed by atoms with Gasteiger partial charge in [0.1, 0.15) is 11.5 Å². The molecule has 2 aromatic heterocycles. The summed E-state index contributed by atoms with van der Waals surface area (Å²) >= 11 is 0. The SMILES string of the molecule is COCCNc1cc([C@H]2CCCN(C(=O)C(C)C)C2)nc(-c2cnccn2)n1. The molecule has 0 saturated carbocycles. The summed E-state index contributed by atoms with van der Waals surface area (Å²) in [4.78, 5) is 32.2. The fourth-order valence-electron chi connectivity index (χ4n) is 3.36. The Balaban J connectivity index is 1.88. The molecule has 150 valence electrons. The van der Waals surface area contributed by atoms with Crippen molar-refractivity contribution in [2.45, 2.75) is 32.6 Å². The second-order valence-electron chi connectivity index (χ2n) is 7.29. The zero-order valence-electron chi connectivity index (χ0n) is 16.8. The van der Waals surface area contributed by atoms with Crippen LogP contribution in [0, 0.1) is 5.92 Å². The Bertz CT molecular complexity index is 784. The van der Waals surface area contributed by atoms with E-state index in [-0.39, 0.29) is 17.7 Å². The van der Waals surface area contributed by atoms with Crippen LogP contribution in [0.15, 0.2) is 24.7 Å². The molecule has 0 aromatic carbocycles. The number of hydrogen-bond acceptors (Lipinski definition) is 7. The van der Waals surface area contributed by atoms with Gasteiger partial charge in [0.2, 0.25) is 5.91 Å². The van der Waals surface area contributed by atoms with Crippen molar-refractivity contribution in [1.82, 2.24) is 24.8 Å². The molecule has 0 bridgehead atoms. The van der Waals surface area contributed by atoms with Crippen molar-refractivity contribution >= 4 is 11.7 Å². The van der Waals surface area contributed by atoms with Gasteiger partial charge in [0, 0.05) is 57.0 Å². The van der Waals surface area contributed by atoms with Crippen molar-refractivity contribution in [1.29, 1.82) is 0 Å². The minimum Gasteiger partial charge on any atom is -0.383 e. The highest BCUT2D eigenvalue weighted by molar-refractivity contribution is 5.78. The molecule has 0 aliphatic carbocycles. The van der Waals surface area contributed by atoms with Crippen LogP contribution in [0.4, 0.5) is 5.82 Å². The largest absolute Gasteiger partial charge is 0.383 e. The average Bonchev–Trinajstić information content (AvgIpc) is 2.74. The lowest BCUT2D eigenvalue weighted by atomic mass is 9.93. The van der Waals surface area contributed by atoms with E-state index in [1.807, 2.05) is 24.8 Å². The number of anilines is 1. The molecule has 1 fully saturated rings. The average molecular weight is 384 g/mol. The third kappa shape index (κ3) is 5.01. The molecule has 1 saturated heterocycles.